The van der Waals surface area contributed by atoms with Crippen molar-refractivity contribution in [3.05, 3.63) is 106 Å². The van der Waals surface area contributed by atoms with Crippen molar-refractivity contribution in [1.29, 1.82) is 0 Å². The molecule has 1 heterocycles. The molecule has 0 atom stereocenters. The molecule has 36 heavy (non-hydrogen) atoms. The molecule has 7 heteroatoms. The Morgan fingerprint density at radius 1 is 1.00 bits per heavy atom. The molecule has 180 valence electrons. The van der Waals surface area contributed by atoms with Crippen LogP contribution >= 0.6 is 0 Å². The highest BCUT2D eigenvalue weighted by atomic mass is 16.5. The highest BCUT2D eigenvalue weighted by molar-refractivity contribution is 5.91. The number of carbonyl (C=O) groups is 2. The molecule has 0 saturated heterocycles. The Morgan fingerprint density at radius 2 is 1.72 bits per heavy atom. The average molecular weight is 480 g/mol. The summed E-state index contributed by atoms with van der Waals surface area (Å²) in [5, 5.41) is 3.46. The largest absolute Gasteiger partial charge is 0.465 e. The van der Waals surface area contributed by atoms with E-state index in [1.165, 1.54) is 7.11 Å². The fourth-order valence-corrected chi connectivity index (χ4v) is 3.79. The third-order valence-electron chi connectivity index (χ3n) is 5.64. The van der Waals surface area contributed by atoms with Gasteiger partial charge in [-0.2, -0.15) is 0 Å². The molecule has 1 N–H and O–H groups in total. The van der Waals surface area contributed by atoms with E-state index in [2.05, 4.69) is 22.1 Å². The smallest absolute Gasteiger partial charge is 0.337 e. The van der Waals surface area contributed by atoms with Crippen molar-refractivity contribution in [3.63, 3.8) is 0 Å². The number of hydrogen-bond acceptors (Lipinski definition) is 5. The summed E-state index contributed by atoms with van der Waals surface area (Å²) in [5.41, 5.74) is 4.03. The van der Waals surface area contributed by atoms with Crippen LogP contribution in [-0.4, -0.2) is 28.5 Å². The molecule has 0 aliphatic carbocycles. The van der Waals surface area contributed by atoms with Crippen LogP contribution in [0.3, 0.4) is 0 Å². The molecule has 1 aromatic heterocycles. The molecule has 0 spiro atoms. The Balaban J connectivity index is 1.36. The predicted octanol–water partition coefficient (Wildman–Crippen LogP) is 4.31. The van der Waals surface area contributed by atoms with Crippen LogP contribution in [0, 0.1) is 18.8 Å². The number of nitrogens with one attached hydrogen (secondary N) is 1. The maximum absolute atomic E-state index is 12.7. The van der Waals surface area contributed by atoms with Crippen LogP contribution in [0.4, 0.5) is 5.69 Å². The minimum Gasteiger partial charge on any atom is -0.465 e. The number of anilines is 1. The number of amides is 1. The summed E-state index contributed by atoms with van der Waals surface area (Å²) in [5.74, 6) is 5.51. The summed E-state index contributed by atoms with van der Waals surface area (Å²) in [4.78, 5) is 41.3. The van der Waals surface area contributed by atoms with Gasteiger partial charge in [-0.1, -0.05) is 36.1 Å². The third-order valence-corrected chi connectivity index (χ3v) is 5.64. The number of hydrogen-bond donors (Lipinski definition) is 1. The molecule has 0 aliphatic rings. The highest BCUT2D eigenvalue weighted by Gasteiger charge is 2.08. The molecular formula is C29H25N3O4. The fourth-order valence-electron chi connectivity index (χ4n) is 3.79. The van der Waals surface area contributed by atoms with Crippen molar-refractivity contribution in [2.24, 2.45) is 0 Å². The Morgan fingerprint density at radius 3 is 2.50 bits per heavy atom. The lowest BCUT2D eigenvalue weighted by atomic mass is 10.1. The number of rotatable bonds is 6. The summed E-state index contributed by atoms with van der Waals surface area (Å²) < 4.78 is 6.28. The lowest BCUT2D eigenvalue weighted by Gasteiger charge is -2.08. The number of methoxy groups -OCH3 is 1. The van der Waals surface area contributed by atoms with Crippen LogP contribution < -0.4 is 10.9 Å². The third kappa shape index (κ3) is 5.86. The highest BCUT2D eigenvalue weighted by Crippen LogP contribution is 2.13. The van der Waals surface area contributed by atoms with Crippen LogP contribution in [0.1, 0.15) is 39.9 Å². The van der Waals surface area contributed by atoms with Gasteiger partial charge < -0.3 is 10.1 Å². The zero-order valence-electron chi connectivity index (χ0n) is 20.1. The van der Waals surface area contributed by atoms with E-state index >= 15 is 0 Å². The van der Waals surface area contributed by atoms with Crippen molar-refractivity contribution >= 4 is 28.5 Å². The molecule has 4 rings (SSSR count). The summed E-state index contributed by atoms with van der Waals surface area (Å²) in [7, 11) is 1.34. The van der Waals surface area contributed by atoms with E-state index in [1.807, 2.05) is 37.3 Å². The quantitative estimate of drug-likeness (QED) is 0.329. The number of aromatic nitrogens is 2. The van der Waals surface area contributed by atoms with Gasteiger partial charge in [-0.25, -0.2) is 9.78 Å². The number of ether oxygens (including phenoxy) is 1. The normalized spacial score (nSPS) is 10.4. The van der Waals surface area contributed by atoms with Crippen molar-refractivity contribution in [3.8, 4) is 11.8 Å². The number of carbonyl (C=O) groups excluding carboxylic acids is 2. The summed E-state index contributed by atoms with van der Waals surface area (Å²) in [6.45, 7) is 2.33. The van der Waals surface area contributed by atoms with Crippen LogP contribution in [0.2, 0.25) is 0 Å². The van der Waals surface area contributed by atoms with Crippen LogP contribution in [0.5, 0.6) is 0 Å². The molecule has 0 fully saturated rings. The van der Waals surface area contributed by atoms with Gasteiger partial charge in [0.2, 0.25) is 5.91 Å². The molecule has 0 saturated carbocycles. The number of para-hydroxylation sites is 1. The average Bonchev–Trinajstić information content (AvgIpc) is 2.89. The summed E-state index contributed by atoms with van der Waals surface area (Å²) in [6.07, 6.45) is 2.30. The lowest BCUT2D eigenvalue weighted by Crippen LogP contribution is -2.22. The molecule has 4 aromatic rings. The minimum atomic E-state index is -0.416. The Labute approximate surface area is 208 Å². The number of nitrogens with zero attached hydrogens (tertiary/aromatic N) is 2. The van der Waals surface area contributed by atoms with E-state index in [0.29, 0.717) is 40.7 Å². The van der Waals surface area contributed by atoms with E-state index in [1.54, 1.807) is 47.3 Å². The number of benzene rings is 3. The van der Waals surface area contributed by atoms with Gasteiger partial charge in [0.1, 0.15) is 0 Å². The molecule has 7 nitrogen and oxygen atoms in total. The summed E-state index contributed by atoms with van der Waals surface area (Å²) >= 11 is 0. The van der Waals surface area contributed by atoms with E-state index in [-0.39, 0.29) is 17.9 Å². The van der Waals surface area contributed by atoms with Gasteiger partial charge in [0.05, 0.1) is 29.9 Å². The zero-order chi connectivity index (χ0) is 25.5. The van der Waals surface area contributed by atoms with Crippen LogP contribution in [0.15, 0.2) is 77.9 Å². The second kappa shape index (κ2) is 11.2. The van der Waals surface area contributed by atoms with Gasteiger partial charge in [0.25, 0.3) is 5.56 Å². The van der Waals surface area contributed by atoms with Gasteiger partial charge >= 0.3 is 5.97 Å². The molecular weight excluding hydrogens is 454 g/mol. The van der Waals surface area contributed by atoms with Gasteiger partial charge in [-0.3, -0.25) is 14.2 Å². The Hall–Kier alpha value is -4.70. The van der Waals surface area contributed by atoms with Crippen molar-refractivity contribution in [2.75, 3.05) is 12.4 Å². The number of aryl methyl sites for hydroxylation is 2. The van der Waals surface area contributed by atoms with E-state index in [9.17, 15) is 14.4 Å². The number of fused-ring (bicyclic) bond motifs is 1. The first-order chi connectivity index (χ1) is 17.4. The topological polar surface area (TPSA) is 90.3 Å². The second-order valence-corrected chi connectivity index (χ2v) is 8.27. The van der Waals surface area contributed by atoms with Gasteiger partial charge in [0.15, 0.2) is 0 Å². The monoisotopic (exact) mass is 479 g/mol. The molecule has 1 amide bonds. The van der Waals surface area contributed by atoms with E-state index in [4.69, 9.17) is 4.74 Å². The van der Waals surface area contributed by atoms with Gasteiger partial charge in [0, 0.05) is 29.8 Å². The standard InChI is InChI=1S/C29H25N3O4/c1-20-7-3-12-25-27(20)30-19-32(28(25)34)16-6-13-26(33)31-24-11-5-9-22(18-24)15-14-21-8-4-10-23(17-21)29(35)36-2/h3-5,7-12,17-19H,6,13,16H2,1-2H3,(H,31,33). The van der Waals surface area contributed by atoms with Crippen molar-refractivity contribution < 1.29 is 14.3 Å². The Bertz CT molecular complexity index is 1560. The first-order valence-electron chi connectivity index (χ1n) is 11.5. The van der Waals surface area contributed by atoms with Crippen molar-refractivity contribution in [2.45, 2.75) is 26.3 Å². The van der Waals surface area contributed by atoms with E-state index in [0.717, 1.165) is 11.1 Å². The van der Waals surface area contributed by atoms with Gasteiger partial charge in [-0.05, 0) is 61.4 Å². The first-order valence-corrected chi connectivity index (χ1v) is 11.5. The van der Waals surface area contributed by atoms with Crippen LogP contribution in [-0.2, 0) is 16.1 Å². The van der Waals surface area contributed by atoms with Crippen LogP contribution in [0.25, 0.3) is 10.9 Å². The second-order valence-electron chi connectivity index (χ2n) is 8.27. The minimum absolute atomic E-state index is 0.104. The first kappa shape index (κ1) is 24.4. The molecule has 0 radical (unpaired) electrons. The molecule has 0 unspecified atom stereocenters. The van der Waals surface area contributed by atoms with Crippen molar-refractivity contribution in [1.82, 2.24) is 9.55 Å². The predicted molar refractivity (Wildman–Crippen MR) is 139 cm³/mol. The SMILES string of the molecule is COC(=O)c1cccc(C#Cc2cccc(NC(=O)CCCn3cnc4c(C)cccc4c3=O)c2)c1. The maximum atomic E-state index is 12.7. The Kier molecular flexibility index (Phi) is 7.57. The maximum Gasteiger partial charge on any atom is 0.337 e. The number of esters is 1. The zero-order valence-corrected chi connectivity index (χ0v) is 20.1. The molecule has 0 aliphatic heterocycles. The van der Waals surface area contributed by atoms with E-state index < -0.39 is 5.97 Å². The fraction of sp³-hybridized carbons (Fsp3) is 0.172. The summed E-state index contributed by atoms with van der Waals surface area (Å²) in [6, 6.07) is 19.7. The molecule has 3 aromatic carbocycles. The lowest BCUT2D eigenvalue weighted by molar-refractivity contribution is -0.116. The molecule has 0 bridgehead atoms. The van der Waals surface area contributed by atoms with Gasteiger partial charge in [-0.15, -0.1) is 0 Å².